The Labute approximate surface area is 90.5 Å². The lowest BCUT2D eigenvalue weighted by Crippen LogP contribution is -2.31. The molecular weight excluding hydrogens is 188 g/mol. The highest BCUT2D eigenvalue weighted by Crippen LogP contribution is 2.20. The van der Waals surface area contributed by atoms with Crippen molar-refractivity contribution >= 4 is 5.69 Å². The molecule has 4 heteroatoms. The molecule has 2 rings (SSSR count). The third-order valence-electron chi connectivity index (χ3n) is 3.06. The molecule has 1 aliphatic rings. The monoisotopic (exact) mass is 206 g/mol. The largest absolute Gasteiger partial charge is 0.397 e. The second-order valence-electron chi connectivity index (χ2n) is 4.43. The van der Waals surface area contributed by atoms with Gasteiger partial charge in [0.05, 0.1) is 17.6 Å². The molecule has 1 aromatic rings. The molecule has 1 aromatic heterocycles. The van der Waals surface area contributed by atoms with E-state index >= 15 is 0 Å². The summed E-state index contributed by atoms with van der Waals surface area (Å²) in [6.45, 7) is 2.39. The number of likely N-dealkylation sites (tertiary alicyclic amines) is 1. The van der Waals surface area contributed by atoms with Gasteiger partial charge < -0.3 is 10.6 Å². The molecule has 82 valence electrons. The molecule has 1 fully saturated rings. The molecule has 2 N–H and O–H groups in total. The van der Waals surface area contributed by atoms with Crippen LogP contribution in [0.2, 0.25) is 0 Å². The number of nitrogens with two attached hydrogens (primary N) is 1. The summed E-state index contributed by atoms with van der Waals surface area (Å²) in [6.07, 6.45) is 5.13. The number of hydrogen-bond acceptors (Lipinski definition) is 4. The van der Waals surface area contributed by atoms with E-state index in [4.69, 9.17) is 5.73 Å². The molecule has 4 nitrogen and oxygen atoms in total. The second-order valence-corrected chi connectivity index (χ2v) is 4.43. The van der Waals surface area contributed by atoms with Gasteiger partial charge in [-0.25, -0.2) is 0 Å². The minimum absolute atomic E-state index is 0.716. The second kappa shape index (κ2) is 4.57. The van der Waals surface area contributed by atoms with E-state index in [1.54, 1.807) is 6.20 Å². The lowest BCUT2D eigenvalue weighted by atomic mass is 9.92. The summed E-state index contributed by atoms with van der Waals surface area (Å²) < 4.78 is 0. The average molecular weight is 206 g/mol. The van der Waals surface area contributed by atoms with Gasteiger partial charge in [-0.3, -0.25) is 0 Å². The molecule has 0 atom stereocenters. The molecule has 0 bridgehead atoms. The van der Waals surface area contributed by atoms with Crippen molar-refractivity contribution < 1.29 is 0 Å². The lowest BCUT2D eigenvalue weighted by molar-refractivity contribution is 0.218. The Hall–Kier alpha value is -1.16. The van der Waals surface area contributed by atoms with Gasteiger partial charge in [0.1, 0.15) is 0 Å². The van der Waals surface area contributed by atoms with Crippen LogP contribution in [0.25, 0.3) is 0 Å². The maximum Gasteiger partial charge on any atom is 0.0726 e. The van der Waals surface area contributed by atoms with Gasteiger partial charge in [0.25, 0.3) is 0 Å². The first-order chi connectivity index (χ1) is 7.24. The van der Waals surface area contributed by atoms with Crippen molar-refractivity contribution in [3.63, 3.8) is 0 Å². The van der Waals surface area contributed by atoms with Crippen LogP contribution in [0.15, 0.2) is 12.3 Å². The Bertz CT molecular complexity index is 318. The van der Waals surface area contributed by atoms with Gasteiger partial charge >= 0.3 is 0 Å². The Morgan fingerprint density at radius 1 is 1.47 bits per heavy atom. The summed E-state index contributed by atoms with van der Waals surface area (Å²) in [7, 11) is 2.18. The summed E-state index contributed by atoms with van der Waals surface area (Å²) in [5, 5.41) is 7.99. The number of anilines is 1. The average Bonchev–Trinajstić information content (AvgIpc) is 2.22. The maximum atomic E-state index is 5.68. The molecule has 2 heterocycles. The van der Waals surface area contributed by atoms with Gasteiger partial charge in [-0.15, -0.1) is 0 Å². The first kappa shape index (κ1) is 10.4. The zero-order valence-electron chi connectivity index (χ0n) is 9.19. The van der Waals surface area contributed by atoms with Crippen LogP contribution >= 0.6 is 0 Å². The minimum atomic E-state index is 0.716. The van der Waals surface area contributed by atoms with Crippen molar-refractivity contribution in [2.45, 2.75) is 19.3 Å². The number of piperidine rings is 1. The van der Waals surface area contributed by atoms with Crippen LogP contribution in [0.3, 0.4) is 0 Å². The van der Waals surface area contributed by atoms with Crippen molar-refractivity contribution in [2.75, 3.05) is 25.9 Å². The zero-order chi connectivity index (χ0) is 10.7. The summed E-state index contributed by atoms with van der Waals surface area (Å²) in [5.41, 5.74) is 7.42. The molecule has 0 unspecified atom stereocenters. The van der Waals surface area contributed by atoms with E-state index in [1.807, 2.05) is 6.07 Å². The number of hydrogen-bond donors (Lipinski definition) is 1. The first-order valence-corrected chi connectivity index (χ1v) is 5.49. The Morgan fingerprint density at radius 3 is 2.87 bits per heavy atom. The van der Waals surface area contributed by atoms with Crippen LogP contribution < -0.4 is 5.73 Å². The summed E-state index contributed by atoms with van der Waals surface area (Å²) >= 11 is 0. The molecule has 0 aliphatic carbocycles. The lowest BCUT2D eigenvalue weighted by Gasteiger charge is -2.28. The van der Waals surface area contributed by atoms with E-state index in [9.17, 15) is 0 Å². The fourth-order valence-corrected chi connectivity index (χ4v) is 2.09. The smallest absolute Gasteiger partial charge is 0.0726 e. The Kier molecular flexibility index (Phi) is 3.16. The molecule has 15 heavy (non-hydrogen) atoms. The van der Waals surface area contributed by atoms with Gasteiger partial charge in [0.15, 0.2) is 0 Å². The van der Waals surface area contributed by atoms with Gasteiger partial charge in [-0.05, 0) is 51.4 Å². The highest BCUT2D eigenvalue weighted by Gasteiger charge is 2.17. The molecule has 0 aromatic carbocycles. The van der Waals surface area contributed by atoms with Crippen molar-refractivity contribution in [1.29, 1.82) is 0 Å². The topological polar surface area (TPSA) is 55.0 Å². The fourth-order valence-electron chi connectivity index (χ4n) is 2.09. The van der Waals surface area contributed by atoms with Crippen LogP contribution in [-0.4, -0.2) is 35.2 Å². The quantitative estimate of drug-likeness (QED) is 0.782. The molecule has 1 saturated heterocycles. The Morgan fingerprint density at radius 2 is 2.20 bits per heavy atom. The van der Waals surface area contributed by atoms with Crippen molar-refractivity contribution in [1.82, 2.24) is 15.1 Å². The van der Waals surface area contributed by atoms with Gasteiger partial charge in [-0.2, -0.15) is 10.2 Å². The van der Waals surface area contributed by atoms with Crippen LogP contribution in [0.5, 0.6) is 0 Å². The van der Waals surface area contributed by atoms with E-state index in [0.717, 1.165) is 18.0 Å². The normalized spacial score (nSPS) is 19.3. The van der Waals surface area contributed by atoms with Crippen LogP contribution in [0.1, 0.15) is 18.5 Å². The van der Waals surface area contributed by atoms with Crippen LogP contribution in [0, 0.1) is 5.92 Å². The first-order valence-electron chi connectivity index (χ1n) is 5.49. The van der Waals surface area contributed by atoms with Crippen molar-refractivity contribution in [3.05, 3.63) is 18.0 Å². The van der Waals surface area contributed by atoms with E-state index < -0.39 is 0 Å². The predicted octanol–water partition coefficient (Wildman–Crippen LogP) is 0.943. The number of nitrogens with zero attached hydrogens (tertiary/aromatic N) is 3. The van der Waals surface area contributed by atoms with E-state index in [0.29, 0.717) is 5.69 Å². The molecular formula is C11H18N4. The highest BCUT2D eigenvalue weighted by molar-refractivity contribution is 5.34. The maximum absolute atomic E-state index is 5.68. The van der Waals surface area contributed by atoms with Crippen molar-refractivity contribution in [2.24, 2.45) is 5.92 Å². The molecule has 0 amide bonds. The fraction of sp³-hybridized carbons (Fsp3) is 0.636. The number of aromatic nitrogens is 2. The molecule has 1 aliphatic heterocycles. The standard InChI is InChI=1S/C11H18N4/c1-15-4-2-9(3-5-15)6-11-7-10(12)8-13-14-11/h7-9H,2-6H2,1H3,(H2,12,14). The van der Waals surface area contributed by atoms with E-state index in [2.05, 4.69) is 22.1 Å². The van der Waals surface area contributed by atoms with Gasteiger partial charge in [-0.1, -0.05) is 0 Å². The van der Waals surface area contributed by atoms with E-state index in [-0.39, 0.29) is 0 Å². The summed E-state index contributed by atoms with van der Waals surface area (Å²) in [6, 6.07) is 1.94. The summed E-state index contributed by atoms with van der Waals surface area (Å²) in [4.78, 5) is 2.38. The van der Waals surface area contributed by atoms with E-state index in [1.165, 1.54) is 25.9 Å². The van der Waals surface area contributed by atoms with Crippen LogP contribution in [-0.2, 0) is 6.42 Å². The van der Waals surface area contributed by atoms with Crippen molar-refractivity contribution in [3.8, 4) is 0 Å². The molecule has 0 spiro atoms. The Balaban J connectivity index is 1.92. The van der Waals surface area contributed by atoms with Crippen LogP contribution in [0.4, 0.5) is 5.69 Å². The SMILES string of the molecule is CN1CCC(Cc2cc(N)cnn2)CC1. The minimum Gasteiger partial charge on any atom is -0.397 e. The highest BCUT2D eigenvalue weighted by atomic mass is 15.1. The third-order valence-corrected chi connectivity index (χ3v) is 3.06. The number of rotatable bonds is 2. The summed E-state index contributed by atoms with van der Waals surface area (Å²) in [5.74, 6) is 0.747. The third kappa shape index (κ3) is 2.89. The predicted molar refractivity (Wildman–Crippen MR) is 60.4 cm³/mol. The number of nitrogen functional groups attached to an aromatic ring is 1. The van der Waals surface area contributed by atoms with Gasteiger partial charge in [0.2, 0.25) is 0 Å². The zero-order valence-corrected chi connectivity index (χ0v) is 9.19. The van der Waals surface area contributed by atoms with Gasteiger partial charge in [0, 0.05) is 0 Å². The molecule has 0 saturated carbocycles. The molecule has 0 radical (unpaired) electrons.